The molecule has 8 heteroatoms. The monoisotopic (exact) mass is 307 g/mol. The van der Waals surface area contributed by atoms with Crippen molar-refractivity contribution in [3.8, 4) is 0 Å². The van der Waals surface area contributed by atoms with Crippen LogP contribution in [0, 0.1) is 6.92 Å². The highest BCUT2D eigenvalue weighted by Gasteiger charge is 2.36. The molecule has 0 aromatic carbocycles. The zero-order valence-corrected chi connectivity index (χ0v) is 13.3. The van der Waals surface area contributed by atoms with Crippen molar-refractivity contribution in [2.75, 3.05) is 26.7 Å². The molecule has 0 saturated carbocycles. The third kappa shape index (κ3) is 2.95. The number of nitrogens with zero attached hydrogens (tertiary/aromatic N) is 4. The maximum absolute atomic E-state index is 12.6. The van der Waals surface area contributed by atoms with Crippen LogP contribution in [0.3, 0.4) is 0 Å². The van der Waals surface area contributed by atoms with Crippen LogP contribution in [0.5, 0.6) is 0 Å². The summed E-state index contributed by atoms with van der Waals surface area (Å²) >= 11 is 0. The van der Waals surface area contributed by atoms with Gasteiger partial charge < -0.3 is 15.1 Å². The summed E-state index contributed by atoms with van der Waals surface area (Å²) in [6, 6.07) is -0.655. The van der Waals surface area contributed by atoms with Crippen LogP contribution < -0.4 is 5.32 Å². The summed E-state index contributed by atoms with van der Waals surface area (Å²) in [5.41, 5.74) is 1.17. The van der Waals surface area contributed by atoms with E-state index in [0.717, 1.165) is 0 Å². The number of aryl methyl sites for hydroxylation is 2. The van der Waals surface area contributed by atoms with Gasteiger partial charge in [0.15, 0.2) is 0 Å². The number of amides is 3. The van der Waals surface area contributed by atoms with E-state index in [0.29, 0.717) is 24.3 Å². The Morgan fingerprint density at radius 1 is 1.32 bits per heavy atom. The van der Waals surface area contributed by atoms with Crippen LogP contribution in [-0.4, -0.2) is 70.0 Å². The van der Waals surface area contributed by atoms with E-state index in [1.807, 2.05) is 0 Å². The van der Waals surface area contributed by atoms with Crippen LogP contribution in [0.4, 0.5) is 0 Å². The molecule has 0 bridgehead atoms. The third-order valence-electron chi connectivity index (χ3n) is 3.86. The molecule has 0 spiro atoms. The molecule has 8 nitrogen and oxygen atoms in total. The number of nitrogens with one attached hydrogen (secondary N) is 1. The highest BCUT2D eigenvalue weighted by Crippen LogP contribution is 2.15. The van der Waals surface area contributed by atoms with Crippen molar-refractivity contribution in [1.29, 1.82) is 0 Å². The minimum Gasteiger partial charge on any atom is -0.357 e. The molecule has 22 heavy (non-hydrogen) atoms. The molecule has 1 N–H and O–H groups in total. The first-order valence-corrected chi connectivity index (χ1v) is 7.13. The maximum atomic E-state index is 12.6. The number of rotatable bonds is 2. The van der Waals surface area contributed by atoms with Gasteiger partial charge in [0.05, 0.1) is 17.8 Å². The van der Waals surface area contributed by atoms with Crippen molar-refractivity contribution in [2.24, 2.45) is 7.05 Å². The fourth-order valence-electron chi connectivity index (χ4n) is 2.72. The molecule has 3 amide bonds. The lowest BCUT2D eigenvalue weighted by atomic mass is 10.1. The number of carbonyl (C=O) groups excluding carboxylic acids is 3. The Labute approximate surface area is 129 Å². The van der Waals surface area contributed by atoms with E-state index in [-0.39, 0.29) is 24.3 Å². The Hall–Kier alpha value is -2.38. The van der Waals surface area contributed by atoms with Gasteiger partial charge in [-0.3, -0.25) is 19.1 Å². The second kappa shape index (κ2) is 6.17. The van der Waals surface area contributed by atoms with Crippen LogP contribution in [0.25, 0.3) is 0 Å². The van der Waals surface area contributed by atoms with E-state index in [4.69, 9.17) is 0 Å². The van der Waals surface area contributed by atoms with E-state index in [1.165, 1.54) is 18.9 Å². The fourth-order valence-corrected chi connectivity index (χ4v) is 2.72. The van der Waals surface area contributed by atoms with Gasteiger partial charge in [-0.05, 0) is 6.92 Å². The lowest BCUT2D eigenvalue weighted by Gasteiger charge is -2.39. The van der Waals surface area contributed by atoms with Gasteiger partial charge in [-0.15, -0.1) is 0 Å². The van der Waals surface area contributed by atoms with Crippen molar-refractivity contribution < 1.29 is 14.4 Å². The molecule has 1 aromatic heterocycles. The average Bonchev–Trinajstić information content (AvgIpc) is 2.83. The van der Waals surface area contributed by atoms with Gasteiger partial charge in [0.1, 0.15) is 6.04 Å². The molecule has 1 fully saturated rings. The number of carbonyl (C=O) groups is 3. The Balaban J connectivity index is 2.20. The van der Waals surface area contributed by atoms with Gasteiger partial charge in [-0.25, -0.2) is 0 Å². The lowest BCUT2D eigenvalue weighted by molar-refractivity contribution is -0.141. The van der Waals surface area contributed by atoms with Gasteiger partial charge >= 0.3 is 0 Å². The molecule has 1 atom stereocenters. The molecule has 0 unspecified atom stereocenters. The molecule has 1 aliphatic rings. The molecule has 2 rings (SSSR count). The average molecular weight is 307 g/mol. The van der Waals surface area contributed by atoms with Crippen molar-refractivity contribution in [1.82, 2.24) is 24.9 Å². The Morgan fingerprint density at radius 3 is 2.50 bits per heavy atom. The topological polar surface area (TPSA) is 87.5 Å². The van der Waals surface area contributed by atoms with E-state index < -0.39 is 6.04 Å². The minimum absolute atomic E-state index is 0.164. The van der Waals surface area contributed by atoms with E-state index in [9.17, 15) is 14.4 Å². The predicted octanol–water partition coefficient (Wildman–Crippen LogP) is -0.853. The standard InChI is InChI=1S/C14H21N5O3/c1-9-11(7-17(4)16-9)14(22)18-5-6-19(10(2)20)12(8-18)13(21)15-3/h7,12H,5-6,8H2,1-4H3,(H,15,21)/t12-/m0/s1. The van der Waals surface area contributed by atoms with E-state index in [1.54, 1.807) is 29.7 Å². The molecular formula is C14H21N5O3. The number of likely N-dealkylation sites (N-methyl/N-ethyl adjacent to an activating group) is 1. The first-order valence-electron chi connectivity index (χ1n) is 7.13. The third-order valence-corrected chi connectivity index (χ3v) is 3.86. The molecular weight excluding hydrogens is 286 g/mol. The molecule has 1 saturated heterocycles. The van der Waals surface area contributed by atoms with Gasteiger partial charge in [-0.1, -0.05) is 0 Å². The molecule has 1 aliphatic heterocycles. The molecule has 0 aliphatic carbocycles. The second-order valence-electron chi connectivity index (χ2n) is 5.40. The second-order valence-corrected chi connectivity index (χ2v) is 5.40. The summed E-state index contributed by atoms with van der Waals surface area (Å²) in [6.45, 7) is 4.14. The summed E-state index contributed by atoms with van der Waals surface area (Å²) in [6.07, 6.45) is 1.67. The summed E-state index contributed by atoms with van der Waals surface area (Å²) < 4.78 is 1.59. The first-order chi connectivity index (χ1) is 10.3. The maximum Gasteiger partial charge on any atom is 0.257 e. The van der Waals surface area contributed by atoms with Gasteiger partial charge in [-0.2, -0.15) is 5.10 Å². The zero-order chi connectivity index (χ0) is 16.4. The lowest BCUT2D eigenvalue weighted by Crippen LogP contribution is -2.60. The van der Waals surface area contributed by atoms with Crippen molar-refractivity contribution in [2.45, 2.75) is 19.9 Å². The van der Waals surface area contributed by atoms with E-state index in [2.05, 4.69) is 10.4 Å². The fraction of sp³-hybridized carbons (Fsp3) is 0.571. The predicted molar refractivity (Wildman–Crippen MR) is 79.1 cm³/mol. The Morgan fingerprint density at radius 2 is 2.00 bits per heavy atom. The quantitative estimate of drug-likeness (QED) is 0.771. The zero-order valence-electron chi connectivity index (χ0n) is 13.3. The van der Waals surface area contributed by atoms with Crippen LogP contribution in [0.1, 0.15) is 23.0 Å². The van der Waals surface area contributed by atoms with Crippen LogP contribution in [0.15, 0.2) is 6.20 Å². The number of hydrogen-bond donors (Lipinski definition) is 1. The van der Waals surface area contributed by atoms with Crippen LogP contribution in [-0.2, 0) is 16.6 Å². The normalized spacial score (nSPS) is 18.3. The first kappa shape index (κ1) is 16.0. The largest absolute Gasteiger partial charge is 0.357 e. The van der Waals surface area contributed by atoms with Gasteiger partial charge in [0.25, 0.3) is 5.91 Å². The molecule has 2 heterocycles. The molecule has 1 aromatic rings. The molecule has 0 radical (unpaired) electrons. The minimum atomic E-state index is -0.655. The van der Waals surface area contributed by atoms with Crippen LogP contribution >= 0.6 is 0 Å². The molecule has 120 valence electrons. The Bertz CT molecular complexity index is 610. The van der Waals surface area contributed by atoms with Crippen molar-refractivity contribution >= 4 is 17.7 Å². The van der Waals surface area contributed by atoms with Gasteiger partial charge in [0.2, 0.25) is 11.8 Å². The summed E-state index contributed by atoms with van der Waals surface area (Å²) in [5, 5.41) is 6.71. The summed E-state index contributed by atoms with van der Waals surface area (Å²) in [7, 11) is 3.28. The van der Waals surface area contributed by atoms with E-state index >= 15 is 0 Å². The van der Waals surface area contributed by atoms with Gasteiger partial charge in [0, 0.05) is 40.3 Å². The highest BCUT2D eigenvalue weighted by molar-refractivity contribution is 5.96. The summed E-state index contributed by atoms with van der Waals surface area (Å²) in [5.74, 6) is -0.600. The summed E-state index contributed by atoms with van der Waals surface area (Å²) in [4.78, 5) is 39.4. The van der Waals surface area contributed by atoms with Crippen molar-refractivity contribution in [3.05, 3.63) is 17.5 Å². The number of piperazine rings is 1. The van der Waals surface area contributed by atoms with Crippen LogP contribution in [0.2, 0.25) is 0 Å². The highest BCUT2D eigenvalue weighted by atomic mass is 16.2. The Kier molecular flexibility index (Phi) is 4.48. The number of aromatic nitrogens is 2. The smallest absolute Gasteiger partial charge is 0.257 e. The van der Waals surface area contributed by atoms with Crippen molar-refractivity contribution in [3.63, 3.8) is 0 Å². The SMILES string of the molecule is CNC(=O)[C@@H]1CN(C(=O)c2cn(C)nc2C)CCN1C(C)=O. The number of hydrogen-bond acceptors (Lipinski definition) is 4.